The van der Waals surface area contributed by atoms with Crippen molar-refractivity contribution < 1.29 is 36.2 Å². The van der Waals surface area contributed by atoms with Gasteiger partial charge in [0.2, 0.25) is 0 Å². The molecular formula is C10H8F6O2. The minimum Gasteiger partial charge on any atom is -0.351 e. The van der Waals surface area contributed by atoms with Gasteiger partial charge in [-0.3, -0.25) is 0 Å². The molecule has 0 radical (unpaired) electrons. The highest BCUT2D eigenvalue weighted by molar-refractivity contribution is 5.13. The second kappa shape index (κ2) is 4.77. The van der Waals surface area contributed by atoms with Crippen LogP contribution in [0.1, 0.15) is 5.56 Å². The van der Waals surface area contributed by atoms with Crippen molar-refractivity contribution in [2.45, 2.75) is 24.7 Å². The minimum absolute atomic E-state index is 0.0735. The van der Waals surface area contributed by atoms with Gasteiger partial charge in [-0.2, -0.15) is 26.3 Å². The van der Waals surface area contributed by atoms with Crippen LogP contribution in [0.25, 0.3) is 0 Å². The molecule has 0 aliphatic rings. The molecule has 0 saturated heterocycles. The van der Waals surface area contributed by atoms with E-state index in [2.05, 4.69) is 4.74 Å². The van der Waals surface area contributed by atoms with Gasteiger partial charge in [0.1, 0.15) is 0 Å². The first-order valence-electron chi connectivity index (χ1n) is 4.61. The summed E-state index contributed by atoms with van der Waals surface area (Å²) < 4.78 is 76.9. The molecule has 1 N–H and O–H groups in total. The highest BCUT2D eigenvalue weighted by atomic mass is 19.4. The van der Waals surface area contributed by atoms with Crippen LogP contribution in [0.4, 0.5) is 26.3 Å². The van der Waals surface area contributed by atoms with Crippen LogP contribution in [0.2, 0.25) is 0 Å². The summed E-state index contributed by atoms with van der Waals surface area (Å²) in [4.78, 5) is 0. The number of aliphatic hydroxyl groups is 1. The van der Waals surface area contributed by atoms with Crippen LogP contribution in [-0.4, -0.2) is 23.2 Å². The molecule has 0 spiro atoms. The van der Waals surface area contributed by atoms with E-state index in [-0.39, 0.29) is 5.56 Å². The van der Waals surface area contributed by atoms with Crippen molar-refractivity contribution in [1.29, 1.82) is 0 Å². The molecule has 2 nitrogen and oxygen atoms in total. The molecule has 102 valence electrons. The van der Waals surface area contributed by atoms with Crippen LogP contribution in [0.15, 0.2) is 30.3 Å². The van der Waals surface area contributed by atoms with Gasteiger partial charge in [0.25, 0.3) is 0 Å². The monoisotopic (exact) mass is 274 g/mol. The van der Waals surface area contributed by atoms with E-state index < -0.39 is 24.7 Å². The summed E-state index contributed by atoms with van der Waals surface area (Å²) in [6, 6.07) is 6.90. The van der Waals surface area contributed by atoms with Crippen molar-refractivity contribution in [3.05, 3.63) is 35.9 Å². The van der Waals surface area contributed by atoms with Crippen molar-refractivity contribution in [2.24, 2.45) is 0 Å². The van der Waals surface area contributed by atoms with Crippen LogP contribution < -0.4 is 0 Å². The lowest BCUT2D eigenvalue weighted by molar-refractivity contribution is -0.460. The van der Waals surface area contributed by atoms with E-state index in [1.165, 1.54) is 30.3 Å². The molecule has 18 heavy (non-hydrogen) atoms. The lowest BCUT2D eigenvalue weighted by atomic mass is 10.2. The lowest BCUT2D eigenvalue weighted by Crippen LogP contribution is -2.58. The second-order valence-corrected chi connectivity index (χ2v) is 3.41. The largest absolute Gasteiger partial charge is 0.453 e. The Morgan fingerprint density at radius 3 is 1.72 bits per heavy atom. The van der Waals surface area contributed by atoms with Gasteiger partial charge >= 0.3 is 18.1 Å². The van der Waals surface area contributed by atoms with Crippen molar-refractivity contribution in [1.82, 2.24) is 0 Å². The molecule has 0 bridgehead atoms. The smallest absolute Gasteiger partial charge is 0.351 e. The number of halogens is 6. The van der Waals surface area contributed by atoms with Crippen LogP contribution >= 0.6 is 0 Å². The average molecular weight is 274 g/mol. The Labute approximate surface area is 97.8 Å². The molecule has 0 amide bonds. The Morgan fingerprint density at radius 2 is 1.33 bits per heavy atom. The molecule has 0 aromatic heterocycles. The Morgan fingerprint density at radius 1 is 0.889 bits per heavy atom. The average Bonchev–Trinajstić information content (AvgIpc) is 2.24. The van der Waals surface area contributed by atoms with Crippen LogP contribution in [0.5, 0.6) is 0 Å². The zero-order valence-corrected chi connectivity index (χ0v) is 8.72. The molecule has 0 fully saturated rings. The van der Waals surface area contributed by atoms with E-state index in [1.807, 2.05) is 0 Å². The Kier molecular flexibility index (Phi) is 3.92. The number of rotatable bonds is 3. The molecule has 8 heteroatoms. The molecule has 0 unspecified atom stereocenters. The lowest BCUT2D eigenvalue weighted by Gasteiger charge is -2.31. The molecule has 0 aliphatic carbocycles. The summed E-state index contributed by atoms with van der Waals surface area (Å²) >= 11 is 0. The fourth-order valence-electron chi connectivity index (χ4n) is 1.09. The number of hydrogen-bond acceptors (Lipinski definition) is 2. The Bertz CT molecular complexity index is 370. The Hall–Kier alpha value is -1.28. The number of alkyl halides is 6. The number of benzene rings is 1. The van der Waals surface area contributed by atoms with Crippen molar-refractivity contribution in [3.63, 3.8) is 0 Å². The summed E-state index contributed by atoms with van der Waals surface area (Å²) in [5.41, 5.74) is 0.0735. The molecule has 0 aliphatic heterocycles. The zero-order chi connectivity index (χ0) is 14.0. The second-order valence-electron chi connectivity index (χ2n) is 3.41. The summed E-state index contributed by atoms with van der Waals surface area (Å²) in [6.45, 7) is -1.02. The van der Waals surface area contributed by atoms with Crippen LogP contribution in [0.3, 0.4) is 0 Å². The van der Waals surface area contributed by atoms with Gasteiger partial charge in [0.05, 0.1) is 6.61 Å². The third-order valence-electron chi connectivity index (χ3n) is 2.06. The van der Waals surface area contributed by atoms with Gasteiger partial charge in [0.15, 0.2) is 0 Å². The number of ether oxygens (including phenoxy) is 1. The number of hydrogen-bond donors (Lipinski definition) is 1. The molecule has 1 aromatic carbocycles. The highest BCUT2D eigenvalue weighted by Gasteiger charge is 2.72. The van der Waals surface area contributed by atoms with E-state index >= 15 is 0 Å². The topological polar surface area (TPSA) is 29.5 Å². The van der Waals surface area contributed by atoms with Gasteiger partial charge in [0, 0.05) is 0 Å². The van der Waals surface area contributed by atoms with E-state index in [0.29, 0.717) is 0 Å². The predicted octanol–water partition coefficient (Wildman–Crippen LogP) is 3.02. The first kappa shape index (κ1) is 14.8. The van der Waals surface area contributed by atoms with Gasteiger partial charge in [-0.15, -0.1) is 0 Å². The van der Waals surface area contributed by atoms with Gasteiger partial charge in [-0.1, -0.05) is 30.3 Å². The molecule has 1 aromatic rings. The molecule has 0 atom stereocenters. The summed E-state index contributed by atoms with van der Waals surface area (Å²) in [5, 5.41) is 8.67. The maximum atomic E-state index is 12.2. The van der Waals surface area contributed by atoms with Crippen LogP contribution in [0, 0.1) is 0 Å². The summed E-state index contributed by atoms with van der Waals surface area (Å²) in [5.74, 6) is -5.17. The highest BCUT2D eigenvalue weighted by Crippen LogP contribution is 2.44. The molecule has 0 heterocycles. The first-order chi connectivity index (χ1) is 8.08. The zero-order valence-electron chi connectivity index (χ0n) is 8.72. The van der Waals surface area contributed by atoms with Crippen LogP contribution in [-0.2, 0) is 11.3 Å². The maximum Gasteiger partial charge on any atom is 0.453 e. The van der Waals surface area contributed by atoms with Crippen molar-refractivity contribution >= 4 is 0 Å². The van der Waals surface area contributed by atoms with E-state index in [9.17, 15) is 26.3 Å². The predicted molar refractivity (Wildman–Crippen MR) is 48.3 cm³/mol. The summed E-state index contributed by atoms with van der Waals surface area (Å²) in [6.07, 6.45) is -11.9. The maximum absolute atomic E-state index is 12.2. The fourth-order valence-corrected chi connectivity index (χ4v) is 1.09. The molecule has 0 saturated carbocycles. The van der Waals surface area contributed by atoms with Gasteiger partial charge in [-0.05, 0) is 5.56 Å². The van der Waals surface area contributed by atoms with Crippen molar-refractivity contribution in [2.75, 3.05) is 0 Å². The fraction of sp³-hybridized carbons (Fsp3) is 0.400. The normalized spacial score (nSPS) is 13.7. The SMILES string of the molecule is OC(OCc1ccccc1)(C(F)(F)F)C(F)(F)F. The third kappa shape index (κ3) is 2.94. The van der Waals surface area contributed by atoms with Gasteiger partial charge in [-0.25, -0.2) is 0 Å². The van der Waals surface area contributed by atoms with E-state index in [4.69, 9.17) is 5.11 Å². The summed E-state index contributed by atoms with van der Waals surface area (Å²) in [7, 11) is 0. The van der Waals surface area contributed by atoms with Gasteiger partial charge < -0.3 is 9.84 Å². The van der Waals surface area contributed by atoms with E-state index in [0.717, 1.165) is 0 Å². The quantitative estimate of drug-likeness (QED) is 0.678. The first-order valence-corrected chi connectivity index (χ1v) is 4.61. The minimum atomic E-state index is -5.97. The molecular weight excluding hydrogens is 266 g/mol. The third-order valence-corrected chi connectivity index (χ3v) is 2.06. The Balaban J connectivity index is 2.89. The van der Waals surface area contributed by atoms with Crippen molar-refractivity contribution in [3.8, 4) is 0 Å². The molecule has 1 rings (SSSR count). The van der Waals surface area contributed by atoms with E-state index in [1.54, 1.807) is 0 Å². The standard InChI is InChI=1S/C10H8F6O2/c11-9(12,13)8(17,10(14,15)16)18-6-7-4-2-1-3-5-7/h1-5,17H,6H2.